The van der Waals surface area contributed by atoms with Gasteiger partial charge in [-0.25, -0.2) is 0 Å². The third-order valence-corrected chi connectivity index (χ3v) is 5.06. The highest BCUT2D eigenvalue weighted by atomic mass is 79.9. The maximum Gasteiger partial charge on any atom is 0.251 e. The first-order valence-corrected chi connectivity index (χ1v) is 9.46. The van der Waals surface area contributed by atoms with E-state index in [0.717, 1.165) is 28.9 Å². The second kappa shape index (κ2) is 9.16. The summed E-state index contributed by atoms with van der Waals surface area (Å²) < 4.78 is 11.8. The quantitative estimate of drug-likeness (QED) is 0.781. The first-order valence-electron chi connectivity index (χ1n) is 8.67. The summed E-state index contributed by atoms with van der Waals surface area (Å²) >= 11 is 3.39. The molecule has 0 spiro atoms. The number of carbonyl (C=O) groups is 1. The number of ether oxygens (including phenoxy) is 2. The van der Waals surface area contributed by atoms with Crippen LogP contribution in [-0.4, -0.2) is 50.8 Å². The SMILES string of the molecule is COc1cccc([C@H](CNC(=O)c2ccc(Br)cc2)N2CCOCC2)c1. The Balaban J connectivity index is 1.74. The molecule has 0 radical (unpaired) electrons. The van der Waals surface area contributed by atoms with E-state index in [4.69, 9.17) is 9.47 Å². The number of hydrogen-bond donors (Lipinski definition) is 1. The van der Waals surface area contributed by atoms with Crippen molar-refractivity contribution in [2.24, 2.45) is 0 Å². The van der Waals surface area contributed by atoms with Gasteiger partial charge in [-0.05, 0) is 42.0 Å². The van der Waals surface area contributed by atoms with Crippen LogP contribution in [0, 0.1) is 0 Å². The molecule has 6 heteroatoms. The lowest BCUT2D eigenvalue weighted by Gasteiger charge is -2.35. The maximum absolute atomic E-state index is 12.5. The number of methoxy groups -OCH3 is 1. The number of morpholine rings is 1. The number of benzene rings is 2. The lowest BCUT2D eigenvalue weighted by molar-refractivity contribution is 0.0162. The predicted octanol–water partition coefficient (Wildman–Crippen LogP) is 3.26. The van der Waals surface area contributed by atoms with Crippen LogP contribution in [0.5, 0.6) is 5.75 Å². The average Bonchev–Trinajstić information content (AvgIpc) is 2.69. The molecule has 0 unspecified atom stereocenters. The van der Waals surface area contributed by atoms with Crippen molar-refractivity contribution in [2.45, 2.75) is 6.04 Å². The highest BCUT2D eigenvalue weighted by Gasteiger charge is 2.23. The topological polar surface area (TPSA) is 50.8 Å². The van der Waals surface area contributed by atoms with E-state index in [2.05, 4.69) is 32.2 Å². The van der Waals surface area contributed by atoms with E-state index in [-0.39, 0.29) is 11.9 Å². The molecule has 1 aliphatic rings. The molecule has 0 saturated carbocycles. The fourth-order valence-electron chi connectivity index (χ4n) is 3.09. The Bertz CT molecular complexity index is 730. The first-order chi connectivity index (χ1) is 12.7. The summed E-state index contributed by atoms with van der Waals surface area (Å²) in [5, 5.41) is 3.07. The smallest absolute Gasteiger partial charge is 0.251 e. The molecule has 5 nitrogen and oxygen atoms in total. The summed E-state index contributed by atoms with van der Waals surface area (Å²) in [5.41, 5.74) is 1.78. The van der Waals surface area contributed by atoms with Crippen molar-refractivity contribution in [1.82, 2.24) is 10.2 Å². The molecule has 2 aromatic carbocycles. The summed E-state index contributed by atoms with van der Waals surface area (Å²) in [6.07, 6.45) is 0. The Morgan fingerprint density at radius 1 is 1.23 bits per heavy atom. The van der Waals surface area contributed by atoms with Gasteiger partial charge in [-0.2, -0.15) is 0 Å². The van der Waals surface area contributed by atoms with Crippen molar-refractivity contribution < 1.29 is 14.3 Å². The Labute approximate surface area is 162 Å². The lowest BCUT2D eigenvalue weighted by Crippen LogP contribution is -2.43. The molecule has 1 fully saturated rings. The van der Waals surface area contributed by atoms with Crippen LogP contribution in [0.2, 0.25) is 0 Å². The second-order valence-corrected chi connectivity index (χ2v) is 7.07. The van der Waals surface area contributed by atoms with E-state index in [1.165, 1.54) is 0 Å². The van der Waals surface area contributed by atoms with Crippen molar-refractivity contribution in [2.75, 3.05) is 40.0 Å². The Hall–Kier alpha value is -1.89. The number of rotatable bonds is 6. The normalized spacial score (nSPS) is 16.1. The number of hydrogen-bond acceptors (Lipinski definition) is 4. The largest absolute Gasteiger partial charge is 0.497 e. The Kier molecular flexibility index (Phi) is 6.66. The van der Waals surface area contributed by atoms with Crippen LogP contribution in [0.3, 0.4) is 0 Å². The molecule has 26 heavy (non-hydrogen) atoms. The molecule has 0 bridgehead atoms. The molecule has 3 rings (SSSR count). The molecule has 0 aliphatic carbocycles. The zero-order valence-electron chi connectivity index (χ0n) is 14.8. The van der Waals surface area contributed by atoms with Gasteiger partial charge < -0.3 is 14.8 Å². The fourth-order valence-corrected chi connectivity index (χ4v) is 3.35. The van der Waals surface area contributed by atoms with Gasteiger partial charge in [0.25, 0.3) is 5.91 Å². The van der Waals surface area contributed by atoms with Crippen molar-refractivity contribution >= 4 is 21.8 Å². The van der Waals surface area contributed by atoms with Crippen molar-refractivity contribution in [1.29, 1.82) is 0 Å². The summed E-state index contributed by atoms with van der Waals surface area (Å²) in [7, 11) is 1.66. The van der Waals surface area contributed by atoms with E-state index in [1.807, 2.05) is 42.5 Å². The van der Waals surface area contributed by atoms with Gasteiger partial charge in [-0.1, -0.05) is 28.1 Å². The number of nitrogens with zero attached hydrogens (tertiary/aromatic N) is 1. The molecule has 1 amide bonds. The van der Waals surface area contributed by atoms with Crippen LogP contribution in [0.25, 0.3) is 0 Å². The van der Waals surface area contributed by atoms with Gasteiger partial charge in [0, 0.05) is 29.7 Å². The first kappa shape index (κ1) is 18.9. The van der Waals surface area contributed by atoms with E-state index >= 15 is 0 Å². The van der Waals surface area contributed by atoms with Crippen LogP contribution < -0.4 is 10.1 Å². The van der Waals surface area contributed by atoms with Gasteiger partial charge >= 0.3 is 0 Å². The molecular weight excluding hydrogens is 396 g/mol. The highest BCUT2D eigenvalue weighted by Crippen LogP contribution is 2.25. The number of halogens is 1. The van der Waals surface area contributed by atoms with E-state index in [9.17, 15) is 4.79 Å². The molecular formula is C20H23BrN2O3. The third-order valence-electron chi connectivity index (χ3n) is 4.53. The van der Waals surface area contributed by atoms with Crippen molar-refractivity contribution in [3.63, 3.8) is 0 Å². The third kappa shape index (κ3) is 4.84. The minimum atomic E-state index is -0.0707. The van der Waals surface area contributed by atoms with Gasteiger partial charge in [0.05, 0.1) is 26.4 Å². The van der Waals surface area contributed by atoms with E-state index in [1.54, 1.807) is 7.11 Å². The minimum Gasteiger partial charge on any atom is -0.497 e. The highest BCUT2D eigenvalue weighted by molar-refractivity contribution is 9.10. The average molecular weight is 419 g/mol. The van der Waals surface area contributed by atoms with Gasteiger partial charge in [0.2, 0.25) is 0 Å². The van der Waals surface area contributed by atoms with Gasteiger partial charge in [-0.3, -0.25) is 9.69 Å². The Morgan fingerprint density at radius 3 is 2.65 bits per heavy atom. The van der Waals surface area contributed by atoms with Gasteiger partial charge in [0.1, 0.15) is 5.75 Å². The predicted molar refractivity (Wildman–Crippen MR) is 105 cm³/mol. The molecule has 1 saturated heterocycles. The summed E-state index contributed by atoms with van der Waals surface area (Å²) in [6.45, 7) is 3.64. The summed E-state index contributed by atoms with van der Waals surface area (Å²) in [4.78, 5) is 14.9. The minimum absolute atomic E-state index is 0.0707. The molecule has 2 aromatic rings. The molecule has 1 atom stereocenters. The zero-order valence-corrected chi connectivity index (χ0v) is 16.4. The zero-order chi connectivity index (χ0) is 18.4. The number of carbonyl (C=O) groups excluding carboxylic acids is 1. The second-order valence-electron chi connectivity index (χ2n) is 6.16. The Morgan fingerprint density at radius 2 is 1.96 bits per heavy atom. The van der Waals surface area contributed by atoms with Crippen molar-refractivity contribution in [3.05, 3.63) is 64.1 Å². The van der Waals surface area contributed by atoms with Gasteiger partial charge in [-0.15, -0.1) is 0 Å². The molecule has 1 heterocycles. The lowest BCUT2D eigenvalue weighted by atomic mass is 10.0. The number of amides is 1. The van der Waals surface area contributed by atoms with Gasteiger partial charge in [0.15, 0.2) is 0 Å². The molecule has 138 valence electrons. The standard InChI is InChI=1S/C20H23BrN2O3/c1-25-18-4-2-3-16(13-18)19(23-9-11-26-12-10-23)14-22-20(24)15-5-7-17(21)8-6-15/h2-8,13,19H,9-12,14H2,1H3,(H,22,24)/t19-/m0/s1. The van der Waals surface area contributed by atoms with Crippen LogP contribution in [0.15, 0.2) is 53.0 Å². The van der Waals surface area contributed by atoms with Crippen LogP contribution >= 0.6 is 15.9 Å². The van der Waals surface area contributed by atoms with E-state index < -0.39 is 0 Å². The maximum atomic E-state index is 12.5. The summed E-state index contributed by atoms with van der Waals surface area (Å²) in [5.74, 6) is 0.749. The molecule has 1 aliphatic heterocycles. The van der Waals surface area contributed by atoms with Crippen molar-refractivity contribution in [3.8, 4) is 5.75 Å². The molecule has 1 N–H and O–H groups in total. The summed E-state index contributed by atoms with van der Waals surface area (Å²) in [6, 6.07) is 15.5. The van der Waals surface area contributed by atoms with Crippen LogP contribution in [0.4, 0.5) is 0 Å². The monoisotopic (exact) mass is 418 g/mol. The molecule has 0 aromatic heterocycles. The van der Waals surface area contributed by atoms with E-state index in [0.29, 0.717) is 25.3 Å². The van der Waals surface area contributed by atoms with Crippen LogP contribution in [-0.2, 0) is 4.74 Å². The fraction of sp³-hybridized carbons (Fsp3) is 0.350. The number of nitrogens with one attached hydrogen (secondary N) is 1. The van der Waals surface area contributed by atoms with Crippen LogP contribution in [0.1, 0.15) is 22.0 Å².